The van der Waals surface area contributed by atoms with Gasteiger partial charge in [0.05, 0.1) is 22.4 Å². The van der Waals surface area contributed by atoms with Crippen molar-refractivity contribution in [3.05, 3.63) is 89.7 Å². The van der Waals surface area contributed by atoms with Gasteiger partial charge >= 0.3 is 0 Å². The standard InChI is InChI=1S/C23H14BrN3/c24-23-11-8-18-13-16(7-9-19(18)27-23)17-5-4-15-6-10-21(26-22(15)14-17)20-3-1-2-12-25-20/h1-14H. The Balaban J connectivity index is 1.62. The maximum atomic E-state index is 4.82. The van der Waals surface area contributed by atoms with E-state index in [4.69, 9.17) is 4.98 Å². The molecule has 0 atom stereocenters. The molecule has 3 nitrogen and oxygen atoms in total. The van der Waals surface area contributed by atoms with Gasteiger partial charge in [0.25, 0.3) is 0 Å². The van der Waals surface area contributed by atoms with Crippen molar-refractivity contribution in [3.63, 3.8) is 0 Å². The van der Waals surface area contributed by atoms with E-state index in [0.717, 1.165) is 48.9 Å². The van der Waals surface area contributed by atoms with Crippen LogP contribution in [0.1, 0.15) is 0 Å². The Morgan fingerprint density at radius 1 is 0.593 bits per heavy atom. The molecule has 27 heavy (non-hydrogen) atoms. The number of benzene rings is 2. The zero-order valence-corrected chi connectivity index (χ0v) is 15.9. The molecule has 0 aliphatic carbocycles. The third-order valence-corrected chi connectivity index (χ3v) is 5.05. The number of aromatic nitrogens is 3. The SMILES string of the molecule is Brc1ccc2cc(-c3ccc4ccc(-c5ccccn5)nc4c3)ccc2n1. The second kappa shape index (κ2) is 6.56. The predicted molar refractivity (Wildman–Crippen MR) is 113 cm³/mol. The van der Waals surface area contributed by atoms with Crippen LogP contribution in [0.2, 0.25) is 0 Å². The van der Waals surface area contributed by atoms with Crippen LogP contribution in [0, 0.1) is 0 Å². The van der Waals surface area contributed by atoms with E-state index in [1.165, 1.54) is 0 Å². The molecule has 0 saturated heterocycles. The monoisotopic (exact) mass is 411 g/mol. The van der Waals surface area contributed by atoms with Gasteiger partial charge in [-0.25, -0.2) is 9.97 Å². The van der Waals surface area contributed by atoms with E-state index >= 15 is 0 Å². The second-order valence-electron chi connectivity index (χ2n) is 6.36. The van der Waals surface area contributed by atoms with Gasteiger partial charge < -0.3 is 0 Å². The van der Waals surface area contributed by atoms with Crippen LogP contribution < -0.4 is 0 Å². The highest BCUT2D eigenvalue weighted by Gasteiger charge is 2.06. The van der Waals surface area contributed by atoms with E-state index in [0.29, 0.717) is 0 Å². The van der Waals surface area contributed by atoms with Crippen molar-refractivity contribution in [1.82, 2.24) is 15.0 Å². The topological polar surface area (TPSA) is 38.7 Å². The smallest absolute Gasteiger partial charge is 0.106 e. The first-order valence-electron chi connectivity index (χ1n) is 8.65. The Bertz CT molecular complexity index is 1280. The van der Waals surface area contributed by atoms with Crippen molar-refractivity contribution in [3.8, 4) is 22.5 Å². The number of halogens is 1. The van der Waals surface area contributed by atoms with Gasteiger partial charge in [-0.15, -0.1) is 0 Å². The largest absolute Gasteiger partial charge is 0.255 e. The Morgan fingerprint density at radius 2 is 1.41 bits per heavy atom. The van der Waals surface area contributed by atoms with E-state index in [-0.39, 0.29) is 0 Å². The molecule has 0 aliphatic rings. The fourth-order valence-corrected chi connectivity index (χ4v) is 3.56. The molecule has 0 aliphatic heterocycles. The summed E-state index contributed by atoms with van der Waals surface area (Å²) in [6.07, 6.45) is 1.79. The second-order valence-corrected chi connectivity index (χ2v) is 7.17. The van der Waals surface area contributed by atoms with Crippen LogP contribution in [0.4, 0.5) is 0 Å². The number of hydrogen-bond acceptors (Lipinski definition) is 3. The lowest BCUT2D eigenvalue weighted by Crippen LogP contribution is -1.88. The summed E-state index contributed by atoms with van der Waals surface area (Å²) in [6.45, 7) is 0. The summed E-state index contributed by atoms with van der Waals surface area (Å²) in [7, 11) is 0. The van der Waals surface area contributed by atoms with E-state index < -0.39 is 0 Å². The predicted octanol–water partition coefficient (Wildman–Crippen LogP) is 6.27. The van der Waals surface area contributed by atoms with Crippen molar-refractivity contribution in [1.29, 1.82) is 0 Å². The summed E-state index contributed by atoms with van der Waals surface area (Å²) in [5, 5.41) is 2.23. The number of pyridine rings is 3. The Labute approximate surface area is 164 Å². The highest BCUT2D eigenvalue weighted by Crippen LogP contribution is 2.28. The average molecular weight is 412 g/mol. The molecule has 0 bridgehead atoms. The van der Waals surface area contributed by atoms with Crippen molar-refractivity contribution in [2.24, 2.45) is 0 Å². The number of rotatable bonds is 2. The van der Waals surface area contributed by atoms with Crippen molar-refractivity contribution in [2.75, 3.05) is 0 Å². The Kier molecular flexibility index (Phi) is 3.91. The summed E-state index contributed by atoms with van der Waals surface area (Å²) in [5.41, 5.74) is 5.99. The molecule has 0 unspecified atom stereocenters. The van der Waals surface area contributed by atoms with Crippen LogP contribution in [-0.2, 0) is 0 Å². The first kappa shape index (κ1) is 16.1. The van der Waals surface area contributed by atoms with Gasteiger partial charge in [-0.2, -0.15) is 0 Å². The quantitative estimate of drug-likeness (QED) is 0.321. The van der Waals surface area contributed by atoms with Gasteiger partial charge in [0.2, 0.25) is 0 Å². The zero-order valence-electron chi connectivity index (χ0n) is 14.3. The molecule has 2 aromatic carbocycles. The number of fused-ring (bicyclic) bond motifs is 2. The van der Waals surface area contributed by atoms with Crippen LogP contribution in [0.5, 0.6) is 0 Å². The lowest BCUT2D eigenvalue weighted by Gasteiger charge is -2.07. The molecular formula is C23H14BrN3. The van der Waals surface area contributed by atoms with Crippen LogP contribution in [0.3, 0.4) is 0 Å². The molecule has 3 heterocycles. The van der Waals surface area contributed by atoms with E-state index in [9.17, 15) is 0 Å². The maximum absolute atomic E-state index is 4.82. The molecule has 0 amide bonds. The highest BCUT2D eigenvalue weighted by atomic mass is 79.9. The highest BCUT2D eigenvalue weighted by molar-refractivity contribution is 9.10. The van der Waals surface area contributed by atoms with E-state index in [2.05, 4.69) is 74.4 Å². The summed E-state index contributed by atoms with van der Waals surface area (Å²) < 4.78 is 0.847. The third-order valence-electron chi connectivity index (χ3n) is 4.61. The van der Waals surface area contributed by atoms with Crippen LogP contribution in [0.25, 0.3) is 44.3 Å². The van der Waals surface area contributed by atoms with Gasteiger partial charge in [-0.1, -0.05) is 36.4 Å². The molecule has 5 rings (SSSR count). The molecule has 128 valence electrons. The van der Waals surface area contributed by atoms with Crippen molar-refractivity contribution < 1.29 is 0 Å². The fourth-order valence-electron chi connectivity index (χ4n) is 3.23. The van der Waals surface area contributed by atoms with Gasteiger partial charge in [-0.3, -0.25) is 4.98 Å². The first-order valence-corrected chi connectivity index (χ1v) is 9.44. The third kappa shape index (κ3) is 3.09. The van der Waals surface area contributed by atoms with E-state index in [1.807, 2.05) is 30.3 Å². The minimum atomic E-state index is 0.847. The van der Waals surface area contributed by atoms with Gasteiger partial charge in [0, 0.05) is 17.0 Å². The van der Waals surface area contributed by atoms with Gasteiger partial charge in [0.1, 0.15) is 4.60 Å². The maximum Gasteiger partial charge on any atom is 0.106 e. The molecule has 4 heteroatoms. The molecule has 0 fully saturated rings. The lowest BCUT2D eigenvalue weighted by atomic mass is 10.0. The van der Waals surface area contributed by atoms with Crippen molar-refractivity contribution >= 4 is 37.7 Å². The minimum absolute atomic E-state index is 0.847. The zero-order chi connectivity index (χ0) is 18.2. The Hall–Kier alpha value is -3.11. The number of hydrogen-bond donors (Lipinski definition) is 0. The molecule has 0 saturated carbocycles. The average Bonchev–Trinajstić information content (AvgIpc) is 2.73. The lowest BCUT2D eigenvalue weighted by molar-refractivity contribution is 1.28. The molecule has 0 spiro atoms. The minimum Gasteiger partial charge on any atom is -0.255 e. The van der Waals surface area contributed by atoms with Crippen molar-refractivity contribution in [2.45, 2.75) is 0 Å². The molecule has 3 aromatic heterocycles. The summed E-state index contributed by atoms with van der Waals surface area (Å²) in [5.74, 6) is 0. The summed E-state index contributed by atoms with van der Waals surface area (Å²) in [4.78, 5) is 13.7. The first-order chi connectivity index (χ1) is 13.3. The Morgan fingerprint density at radius 3 is 2.30 bits per heavy atom. The molecule has 0 N–H and O–H groups in total. The van der Waals surface area contributed by atoms with Gasteiger partial charge in [0.15, 0.2) is 0 Å². The summed E-state index contributed by atoms with van der Waals surface area (Å²) >= 11 is 3.42. The van der Waals surface area contributed by atoms with Crippen LogP contribution in [0.15, 0.2) is 89.7 Å². The number of nitrogens with zero attached hydrogens (tertiary/aromatic N) is 3. The normalized spacial score (nSPS) is 11.1. The fraction of sp³-hybridized carbons (Fsp3) is 0. The van der Waals surface area contributed by atoms with Gasteiger partial charge in [-0.05, 0) is 69.5 Å². The molecular weight excluding hydrogens is 398 g/mol. The van der Waals surface area contributed by atoms with Crippen LogP contribution >= 0.6 is 15.9 Å². The van der Waals surface area contributed by atoms with E-state index in [1.54, 1.807) is 6.20 Å². The molecule has 5 aromatic rings. The summed E-state index contributed by atoms with van der Waals surface area (Å²) in [6, 6.07) is 26.7. The van der Waals surface area contributed by atoms with Crippen LogP contribution in [-0.4, -0.2) is 15.0 Å². The molecule has 0 radical (unpaired) electrons.